The van der Waals surface area contributed by atoms with Crippen LogP contribution < -0.4 is 15.8 Å². The molecule has 5 nitrogen and oxygen atoms in total. The van der Waals surface area contributed by atoms with E-state index in [1.54, 1.807) is 42.5 Å². The van der Waals surface area contributed by atoms with E-state index in [9.17, 15) is 9.59 Å². The Bertz CT molecular complexity index is 713. The molecule has 2 rings (SSSR count). The first-order valence-corrected chi connectivity index (χ1v) is 7.47. The molecule has 0 aliphatic rings. The third kappa shape index (κ3) is 4.57. The van der Waals surface area contributed by atoms with Crippen molar-refractivity contribution in [3.05, 3.63) is 59.7 Å². The highest BCUT2D eigenvalue weighted by atomic mass is 16.5. The first-order chi connectivity index (χ1) is 11.0. The SMILES string of the molecule is CC[C@H](C)Oc1cccc(C(=O)Nc2cccc(C(N)=O)c2)c1. The Morgan fingerprint density at radius 1 is 1.13 bits per heavy atom. The van der Waals surface area contributed by atoms with E-state index in [0.717, 1.165) is 6.42 Å². The van der Waals surface area contributed by atoms with Gasteiger partial charge in [-0.05, 0) is 49.7 Å². The van der Waals surface area contributed by atoms with Crippen LogP contribution in [0.5, 0.6) is 5.75 Å². The average Bonchev–Trinajstić information content (AvgIpc) is 2.55. The highest BCUT2D eigenvalue weighted by molar-refractivity contribution is 6.05. The summed E-state index contributed by atoms with van der Waals surface area (Å²) in [6.07, 6.45) is 0.969. The van der Waals surface area contributed by atoms with Crippen molar-refractivity contribution in [3.63, 3.8) is 0 Å². The molecule has 0 radical (unpaired) electrons. The third-order valence-corrected chi connectivity index (χ3v) is 3.41. The summed E-state index contributed by atoms with van der Waals surface area (Å²) in [6, 6.07) is 13.5. The van der Waals surface area contributed by atoms with Crippen LogP contribution in [0.15, 0.2) is 48.5 Å². The molecule has 0 heterocycles. The number of rotatable bonds is 6. The van der Waals surface area contributed by atoms with E-state index in [-0.39, 0.29) is 12.0 Å². The number of benzene rings is 2. The average molecular weight is 312 g/mol. The number of hydrogen-bond acceptors (Lipinski definition) is 3. The maximum absolute atomic E-state index is 12.3. The van der Waals surface area contributed by atoms with Crippen LogP contribution in [-0.2, 0) is 0 Å². The van der Waals surface area contributed by atoms with Crippen LogP contribution in [0.25, 0.3) is 0 Å². The van der Waals surface area contributed by atoms with Crippen molar-refractivity contribution in [1.82, 2.24) is 0 Å². The third-order valence-electron chi connectivity index (χ3n) is 3.41. The zero-order chi connectivity index (χ0) is 16.8. The van der Waals surface area contributed by atoms with E-state index in [2.05, 4.69) is 5.32 Å². The smallest absolute Gasteiger partial charge is 0.255 e. The first kappa shape index (κ1) is 16.5. The first-order valence-electron chi connectivity index (χ1n) is 7.47. The van der Waals surface area contributed by atoms with Gasteiger partial charge in [0.1, 0.15) is 5.75 Å². The molecular formula is C18H20N2O3. The maximum atomic E-state index is 12.3. The Kier molecular flexibility index (Phi) is 5.36. The molecule has 0 spiro atoms. The lowest BCUT2D eigenvalue weighted by Crippen LogP contribution is -2.15. The zero-order valence-corrected chi connectivity index (χ0v) is 13.2. The fourth-order valence-electron chi connectivity index (χ4n) is 1.98. The molecule has 1 atom stereocenters. The number of nitrogens with one attached hydrogen (secondary N) is 1. The van der Waals surface area contributed by atoms with Gasteiger partial charge in [0.2, 0.25) is 5.91 Å². The molecule has 2 aromatic rings. The van der Waals surface area contributed by atoms with Crippen molar-refractivity contribution >= 4 is 17.5 Å². The number of hydrogen-bond donors (Lipinski definition) is 2. The molecule has 2 amide bonds. The molecule has 23 heavy (non-hydrogen) atoms. The molecule has 0 saturated carbocycles. The Morgan fingerprint density at radius 2 is 1.83 bits per heavy atom. The summed E-state index contributed by atoms with van der Waals surface area (Å²) in [4.78, 5) is 23.5. The largest absolute Gasteiger partial charge is 0.491 e. The van der Waals surface area contributed by atoms with Gasteiger partial charge in [-0.3, -0.25) is 9.59 Å². The summed E-state index contributed by atoms with van der Waals surface area (Å²) in [6.45, 7) is 4.01. The number of carbonyl (C=O) groups excluding carboxylic acids is 2. The van der Waals surface area contributed by atoms with Crippen LogP contribution in [0.2, 0.25) is 0 Å². The highest BCUT2D eigenvalue weighted by Gasteiger charge is 2.10. The fourth-order valence-corrected chi connectivity index (χ4v) is 1.98. The van der Waals surface area contributed by atoms with Crippen LogP contribution in [0.4, 0.5) is 5.69 Å². The normalized spacial score (nSPS) is 11.6. The number of nitrogens with two attached hydrogens (primary N) is 1. The zero-order valence-electron chi connectivity index (χ0n) is 13.2. The number of primary amides is 1. The quantitative estimate of drug-likeness (QED) is 0.859. The van der Waals surface area contributed by atoms with Gasteiger partial charge in [0.15, 0.2) is 0 Å². The molecule has 0 saturated heterocycles. The van der Waals surface area contributed by atoms with Gasteiger partial charge < -0.3 is 15.8 Å². The van der Waals surface area contributed by atoms with Crippen molar-refractivity contribution in [2.75, 3.05) is 5.32 Å². The monoisotopic (exact) mass is 312 g/mol. The summed E-state index contributed by atoms with van der Waals surface area (Å²) in [5, 5.41) is 2.75. The number of amides is 2. The van der Waals surface area contributed by atoms with Gasteiger partial charge in [-0.1, -0.05) is 19.1 Å². The molecule has 0 aliphatic carbocycles. The van der Waals surface area contributed by atoms with Gasteiger partial charge >= 0.3 is 0 Å². The lowest BCUT2D eigenvalue weighted by atomic mass is 10.1. The minimum absolute atomic E-state index is 0.0839. The maximum Gasteiger partial charge on any atom is 0.255 e. The van der Waals surface area contributed by atoms with Gasteiger partial charge in [-0.15, -0.1) is 0 Å². The van der Waals surface area contributed by atoms with Gasteiger partial charge in [0, 0.05) is 16.8 Å². The van der Waals surface area contributed by atoms with E-state index in [1.165, 1.54) is 0 Å². The standard InChI is InChI=1S/C18H20N2O3/c1-3-12(2)23-16-9-5-7-14(11-16)18(22)20-15-8-4-6-13(10-15)17(19)21/h4-12H,3H2,1-2H3,(H2,19,21)(H,20,22)/t12-/m0/s1. The van der Waals surface area contributed by atoms with E-state index in [1.807, 2.05) is 19.9 Å². The number of carbonyl (C=O) groups is 2. The van der Waals surface area contributed by atoms with E-state index in [0.29, 0.717) is 22.6 Å². The number of ether oxygens (including phenoxy) is 1. The minimum atomic E-state index is -0.537. The Hall–Kier alpha value is -2.82. The lowest BCUT2D eigenvalue weighted by Gasteiger charge is -2.13. The van der Waals surface area contributed by atoms with Crippen molar-refractivity contribution in [3.8, 4) is 5.75 Å². The van der Waals surface area contributed by atoms with E-state index >= 15 is 0 Å². The van der Waals surface area contributed by atoms with Gasteiger partial charge in [-0.2, -0.15) is 0 Å². The Morgan fingerprint density at radius 3 is 2.52 bits per heavy atom. The van der Waals surface area contributed by atoms with Crippen molar-refractivity contribution in [1.29, 1.82) is 0 Å². The van der Waals surface area contributed by atoms with Crippen LogP contribution in [0.1, 0.15) is 41.0 Å². The molecular weight excluding hydrogens is 292 g/mol. The molecule has 0 fully saturated rings. The predicted octanol–water partition coefficient (Wildman–Crippen LogP) is 3.22. The molecule has 0 aliphatic heterocycles. The predicted molar refractivity (Wildman–Crippen MR) is 89.7 cm³/mol. The summed E-state index contributed by atoms with van der Waals surface area (Å²) >= 11 is 0. The highest BCUT2D eigenvalue weighted by Crippen LogP contribution is 2.18. The molecule has 0 bridgehead atoms. The van der Waals surface area contributed by atoms with Gasteiger partial charge in [0.25, 0.3) is 5.91 Å². The molecule has 2 aromatic carbocycles. The van der Waals surface area contributed by atoms with E-state index in [4.69, 9.17) is 10.5 Å². The Balaban J connectivity index is 2.13. The van der Waals surface area contributed by atoms with Gasteiger partial charge in [-0.25, -0.2) is 0 Å². The lowest BCUT2D eigenvalue weighted by molar-refractivity contribution is 0.0996. The summed E-state index contributed by atoms with van der Waals surface area (Å²) in [5.74, 6) is -0.163. The topological polar surface area (TPSA) is 81.4 Å². The molecule has 0 unspecified atom stereocenters. The van der Waals surface area contributed by atoms with Gasteiger partial charge in [0.05, 0.1) is 6.10 Å². The van der Waals surface area contributed by atoms with Crippen LogP contribution in [-0.4, -0.2) is 17.9 Å². The second-order valence-electron chi connectivity index (χ2n) is 5.26. The molecule has 5 heteroatoms. The summed E-state index contributed by atoms with van der Waals surface area (Å²) in [7, 11) is 0. The van der Waals surface area contributed by atoms with Crippen molar-refractivity contribution in [2.45, 2.75) is 26.4 Å². The van der Waals surface area contributed by atoms with E-state index < -0.39 is 5.91 Å². The summed E-state index contributed by atoms with van der Waals surface area (Å²) in [5.41, 5.74) is 6.58. The minimum Gasteiger partial charge on any atom is -0.491 e. The summed E-state index contributed by atoms with van der Waals surface area (Å²) < 4.78 is 5.71. The van der Waals surface area contributed by atoms with Crippen molar-refractivity contribution < 1.29 is 14.3 Å². The molecule has 3 N–H and O–H groups in total. The van der Waals surface area contributed by atoms with Crippen LogP contribution in [0.3, 0.4) is 0 Å². The second-order valence-corrected chi connectivity index (χ2v) is 5.26. The van der Waals surface area contributed by atoms with Crippen LogP contribution >= 0.6 is 0 Å². The van der Waals surface area contributed by atoms with Crippen molar-refractivity contribution in [2.24, 2.45) is 5.73 Å². The fraction of sp³-hybridized carbons (Fsp3) is 0.222. The Labute approximate surface area is 135 Å². The molecule has 0 aromatic heterocycles. The molecule has 120 valence electrons. The second kappa shape index (κ2) is 7.45. The van der Waals surface area contributed by atoms with Crippen LogP contribution in [0, 0.1) is 0 Å². The number of anilines is 1.